The topological polar surface area (TPSA) is 366 Å². The number of carbonyl (C=O) groups excluding carboxylic acids is 9. The predicted octanol–water partition coefficient (Wildman–Crippen LogP) is 0.785. The Morgan fingerprint density at radius 3 is 1.33 bits per heavy atom. The summed E-state index contributed by atoms with van der Waals surface area (Å²) in [6.07, 6.45) is 2.51. The Hall–Kier alpha value is -6.60. The van der Waals surface area contributed by atoms with Gasteiger partial charge in [0.05, 0.1) is 6.04 Å². The van der Waals surface area contributed by atoms with E-state index in [0.29, 0.717) is 29.7 Å². The highest BCUT2D eigenvalue weighted by atomic mass is 32.2. The fourth-order valence-electron chi connectivity index (χ4n) is 7.86. The average molecular weight is 1150 g/mol. The van der Waals surface area contributed by atoms with Crippen LogP contribution in [0.25, 0.3) is 0 Å². The third-order valence-corrected chi connectivity index (χ3v) is 13.9. The van der Waals surface area contributed by atoms with Crippen molar-refractivity contribution in [1.82, 2.24) is 47.9 Å². The maximum absolute atomic E-state index is 14.3. The molecule has 440 valence electrons. The number of thiol groups is 1. The Labute approximate surface area is 472 Å². The Morgan fingerprint density at radius 2 is 0.886 bits per heavy atom. The number of hydrogen-bond donors (Lipinski definition) is 14. The summed E-state index contributed by atoms with van der Waals surface area (Å²) in [7, 11) is 0. The molecule has 2 aromatic rings. The number of thioether (sulfide) groups is 1. The standard InChI is InChI=1S/C54H84N10O13S2/c1-12-30(8)44(64-47(69)37(55)23-27(2)3)53(75)61-41(26-78)50(72)59-39(24-33-13-17-35(65)18-14-33)49(71)62-43(29(6)7)52(74)63-42(28(4)5)51(73)57-32(10)45(67)58-38(21-22-79-11)48(70)56-31(9)46(68)60-40(54(76)77)25-34-15-19-36(66)20-16-34/h13-20,27-32,37-44,65-66,78H,12,21-26,55H2,1-11H3,(H,56,70)(H,57,73)(H,58,67)(H,59,72)(H,60,68)(H,61,75)(H,62,71)(H,63,74)(H,64,69)(H,76,77)/t30-,31-,32-,37-,38-,39-,40-,41-,42-,43-,44-/m0/s1. The van der Waals surface area contributed by atoms with Gasteiger partial charge in [0.15, 0.2) is 0 Å². The number of hydrogen-bond acceptors (Lipinski definition) is 15. The molecule has 0 aliphatic carbocycles. The molecule has 0 aromatic heterocycles. The molecule has 0 spiro atoms. The van der Waals surface area contributed by atoms with Gasteiger partial charge in [0.1, 0.15) is 65.9 Å². The van der Waals surface area contributed by atoms with Crippen LogP contribution in [0.5, 0.6) is 11.5 Å². The molecule has 0 unspecified atom stereocenters. The lowest BCUT2D eigenvalue weighted by atomic mass is 9.96. The van der Waals surface area contributed by atoms with Gasteiger partial charge in [-0.3, -0.25) is 43.2 Å². The maximum atomic E-state index is 14.3. The summed E-state index contributed by atoms with van der Waals surface area (Å²) in [5.41, 5.74) is 7.13. The van der Waals surface area contributed by atoms with E-state index < -0.39 is 131 Å². The van der Waals surface area contributed by atoms with Gasteiger partial charge in [0, 0.05) is 18.6 Å². The van der Waals surface area contributed by atoms with Crippen LogP contribution in [-0.4, -0.2) is 153 Å². The van der Waals surface area contributed by atoms with E-state index in [-0.39, 0.29) is 48.4 Å². The van der Waals surface area contributed by atoms with Gasteiger partial charge < -0.3 is 68.9 Å². The van der Waals surface area contributed by atoms with Crippen molar-refractivity contribution >= 4 is 83.5 Å². The van der Waals surface area contributed by atoms with Crippen molar-refractivity contribution in [2.45, 2.75) is 162 Å². The Bertz CT molecular complexity index is 2380. The number of nitrogens with one attached hydrogen (secondary N) is 9. The lowest BCUT2D eigenvalue weighted by Gasteiger charge is -2.30. The minimum Gasteiger partial charge on any atom is -0.508 e. The van der Waals surface area contributed by atoms with E-state index in [9.17, 15) is 63.3 Å². The molecule has 14 N–H and O–H groups in total. The summed E-state index contributed by atoms with van der Waals surface area (Å²) in [6, 6.07) is -0.606. The minimum absolute atomic E-state index is 0.0208. The minimum atomic E-state index is -1.37. The Balaban J connectivity index is 2.25. The zero-order chi connectivity index (χ0) is 59.8. The number of phenols is 2. The molecule has 0 saturated heterocycles. The van der Waals surface area contributed by atoms with Crippen LogP contribution in [-0.2, 0) is 60.8 Å². The van der Waals surface area contributed by atoms with Crippen LogP contribution in [0.1, 0.15) is 99.6 Å². The second-order valence-electron chi connectivity index (χ2n) is 20.8. The summed E-state index contributed by atoms with van der Waals surface area (Å²) < 4.78 is 0. The first kappa shape index (κ1) is 68.5. The first-order valence-electron chi connectivity index (χ1n) is 26.4. The van der Waals surface area contributed by atoms with E-state index >= 15 is 0 Å². The normalized spacial score (nSPS) is 15.5. The molecule has 0 heterocycles. The summed E-state index contributed by atoms with van der Waals surface area (Å²) in [6.45, 7) is 16.7. The molecular weight excluding hydrogens is 1060 g/mol. The van der Waals surface area contributed by atoms with Gasteiger partial charge in [-0.25, -0.2) is 4.79 Å². The molecule has 11 atom stereocenters. The van der Waals surface area contributed by atoms with Crippen molar-refractivity contribution in [2.75, 3.05) is 17.8 Å². The molecule has 0 aliphatic rings. The van der Waals surface area contributed by atoms with Crippen molar-refractivity contribution in [3.63, 3.8) is 0 Å². The lowest BCUT2D eigenvalue weighted by Crippen LogP contribution is -2.62. The van der Waals surface area contributed by atoms with Gasteiger partial charge >= 0.3 is 5.97 Å². The largest absolute Gasteiger partial charge is 0.508 e. The van der Waals surface area contributed by atoms with E-state index in [2.05, 4.69) is 60.5 Å². The third kappa shape index (κ3) is 23.3. The molecule has 25 heteroatoms. The van der Waals surface area contributed by atoms with E-state index in [4.69, 9.17) is 5.73 Å². The summed E-state index contributed by atoms with van der Waals surface area (Å²) in [4.78, 5) is 135. The van der Waals surface area contributed by atoms with Gasteiger partial charge in [-0.2, -0.15) is 24.4 Å². The van der Waals surface area contributed by atoms with Crippen LogP contribution >= 0.6 is 24.4 Å². The van der Waals surface area contributed by atoms with Crippen molar-refractivity contribution in [2.24, 2.45) is 29.4 Å². The highest BCUT2D eigenvalue weighted by Crippen LogP contribution is 2.16. The van der Waals surface area contributed by atoms with Crippen molar-refractivity contribution in [3.8, 4) is 11.5 Å². The quantitative estimate of drug-likeness (QED) is 0.0440. The van der Waals surface area contributed by atoms with Crippen LogP contribution in [0, 0.1) is 23.7 Å². The number of carboxylic acid groups (broad SMARTS) is 1. The molecule has 0 aliphatic heterocycles. The number of aliphatic carboxylic acids is 1. The number of aromatic hydroxyl groups is 2. The van der Waals surface area contributed by atoms with E-state index in [1.54, 1.807) is 40.9 Å². The third-order valence-electron chi connectivity index (χ3n) is 12.9. The van der Waals surface area contributed by atoms with Crippen LogP contribution < -0.4 is 53.6 Å². The van der Waals surface area contributed by atoms with Crippen LogP contribution in [0.2, 0.25) is 0 Å². The summed E-state index contributed by atoms with van der Waals surface area (Å²) in [5.74, 6) is -9.36. The molecule has 23 nitrogen and oxygen atoms in total. The average Bonchev–Trinajstić information content (AvgIpc) is 3.38. The molecular formula is C54H84N10O13S2. The lowest BCUT2D eigenvalue weighted by molar-refractivity contribution is -0.142. The van der Waals surface area contributed by atoms with Crippen LogP contribution in [0.3, 0.4) is 0 Å². The van der Waals surface area contributed by atoms with Gasteiger partial charge in [-0.1, -0.05) is 86.1 Å². The fourth-order valence-corrected chi connectivity index (χ4v) is 8.59. The number of nitrogens with two attached hydrogens (primary N) is 1. The predicted molar refractivity (Wildman–Crippen MR) is 303 cm³/mol. The van der Waals surface area contributed by atoms with Crippen molar-refractivity contribution in [1.29, 1.82) is 0 Å². The number of amides is 9. The SMILES string of the molecule is CC[C@H](C)[C@H](NC(=O)[C@@H](N)CC(C)C)C(=O)N[C@@H](CS)C(=O)N[C@@H](Cc1ccc(O)cc1)C(=O)N[C@H](C(=O)N[C@H](C(=O)N[C@@H](C)C(=O)N[C@@H](CCSC)C(=O)N[C@@H](C)C(=O)N[C@@H](Cc1ccc(O)cc1)C(=O)O)C(C)C)C(C)C. The van der Waals surface area contributed by atoms with E-state index in [1.807, 2.05) is 20.8 Å². The molecule has 9 amide bonds. The Kier molecular flexibility index (Phi) is 29.3. The first-order valence-corrected chi connectivity index (χ1v) is 28.4. The van der Waals surface area contributed by atoms with Crippen molar-refractivity contribution in [3.05, 3.63) is 59.7 Å². The molecule has 0 bridgehead atoms. The smallest absolute Gasteiger partial charge is 0.326 e. The summed E-state index contributed by atoms with van der Waals surface area (Å²) in [5, 5.41) is 52.8. The second kappa shape index (κ2) is 33.7. The van der Waals surface area contributed by atoms with E-state index in [0.717, 1.165) is 0 Å². The molecule has 0 radical (unpaired) electrons. The van der Waals surface area contributed by atoms with Gasteiger partial charge in [-0.05, 0) is 97.8 Å². The maximum Gasteiger partial charge on any atom is 0.326 e. The molecule has 0 saturated carbocycles. The van der Waals surface area contributed by atoms with Crippen molar-refractivity contribution < 1.29 is 63.3 Å². The number of carbonyl (C=O) groups is 10. The second-order valence-corrected chi connectivity index (χ2v) is 22.2. The summed E-state index contributed by atoms with van der Waals surface area (Å²) >= 11 is 5.69. The number of rotatable bonds is 33. The van der Waals surface area contributed by atoms with E-state index in [1.165, 1.54) is 74.1 Å². The number of benzene rings is 2. The highest BCUT2D eigenvalue weighted by molar-refractivity contribution is 7.98. The molecule has 79 heavy (non-hydrogen) atoms. The number of carboxylic acids is 1. The Morgan fingerprint density at radius 1 is 0.506 bits per heavy atom. The van der Waals surface area contributed by atoms with Gasteiger partial charge in [0.25, 0.3) is 0 Å². The van der Waals surface area contributed by atoms with Crippen LogP contribution in [0.15, 0.2) is 48.5 Å². The zero-order valence-corrected chi connectivity index (χ0v) is 48.7. The highest BCUT2D eigenvalue weighted by Gasteiger charge is 2.37. The molecule has 0 fully saturated rings. The molecule has 2 rings (SSSR count). The zero-order valence-electron chi connectivity index (χ0n) is 47.0. The van der Waals surface area contributed by atoms with Gasteiger partial charge in [0.2, 0.25) is 53.2 Å². The fraction of sp³-hybridized carbons (Fsp3) is 0.593. The first-order chi connectivity index (χ1) is 37.0. The molecule has 2 aromatic carbocycles. The van der Waals surface area contributed by atoms with Gasteiger partial charge in [-0.15, -0.1) is 0 Å². The monoisotopic (exact) mass is 1140 g/mol. The number of phenolic OH excluding ortho intramolecular Hbond substituents is 2. The van der Waals surface area contributed by atoms with Crippen LogP contribution in [0.4, 0.5) is 0 Å².